The van der Waals surface area contributed by atoms with Crippen LogP contribution >= 0.6 is 17.0 Å². The summed E-state index contributed by atoms with van der Waals surface area (Å²) in [5.74, 6) is -1.75. The van der Waals surface area contributed by atoms with E-state index in [1.165, 1.54) is 89.0 Å². The molecule has 0 aliphatic heterocycles. The molecule has 2 atom stereocenters. The normalized spacial score (nSPS) is 16.7. The van der Waals surface area contributed by atoms with Crippen molar-refractivity contribution in [3.63, 3.8) is 0 Å². The van der Waals surface area contributed by atoms with Gasteiger partial charge in [-0.3, -0.25) is 0 Å². The average Bonchev–Trinajstić information content (AvgIpc) is 3.82. The van der Waals surface area contributed by atoms with E-state index in [0.29, 0.717) is 0 Å². The molecule has 0 saturated heterocycles. The van der Waals surface area contributed by atoms with Gasteiger partial charge >= 0.3 is 360 Å². The zero-order chi connectivity index (χ0) is 40.6. The molecule has 6 aromatic carbocycles. The minimum absolute atomic E-state index is 0.0589. The SMILES string of the molecule is CCCCC1=Cc2c(ccc(C)c2-c2ccccc2-c2ccccc2)[CH]1[Zr]([Cl])([Cl])([CH]1C(CCCC)=Cc2c1ccc(C)c2-c1ccccc1-c1ccccc1)[SiH](C)C. The van der Waals surface area contributed by atoms with Crippen LogP contribution in [0.4, 0.5) is 0 Å². The van der Waals surface area contributed by atoms with E-state index in [1.54, 1.807) is 0 Å². The Balaban J connectivity index is 1.37. The molecule has 6 aromatic rings. The van der Waals surface area contributed by atoms with E-state index in [1.807, 2.05) is 0 Å². The Morgan fingerprint density at radius 2 is 0.845 bits per heavy atom. The standard InChI is InChI=1S/2C26H25.C2H7Si.2ClH.Zr/c2*1-3-4-10-20-17-22-16-15-19(2)26(25(22)18-20)24-14-9-8-13-23(24)21-11-6-5-7-12-21;1-3-2;;;/h2*5-9,11-18H,3-4,10H2,1-2H3;3H,1-2H3;2*1H;/q;;;;;+2/p-2. The summed E-state index contributed by atoms with van der Waals surface area (Å²) < 4.78 is 0.118. The fourth-order valence-electron chi connectivity index (χ4n) is 10.4. The number of halogens is 2. The van der Waals surface area contributed by atoms with Crippen molar-refractivity contribution in [3.8, 4) is 44.5 Å². The second-order valence-corrected chi connectivity index (χ2v) is 59.7. The van der Waals surface area contributed by atoms with E-state index in [4.69, 9.17) is 17.0 Å². The van der Waals surface area contributed by atoms with Crippen LogP contribution in [0.15, 0.2) is 145 Å². The number of aryl methyl sites for hydroxylation is 2. The van der Waals surface area contributed by atoms with E-state index >= 15 is 0 Å². The molecule has 0 aromatic heterocycles. The molecule has 0 radical (unpaired) electrons. The molecule has 8 rings (SSSR count). The average molecular weight is 896 g/mol. The van der Waals surface area contributed by atoms with Crippen LogP contribution in [0, 0.1) is 13.8 Å². The van der Waals surface area contributed by atoms with E-state index in [-0.39, 0.29) is 7.25 Å². The zero-order valence-corrected chi connectivity index (χ0v) is 40.2. The quantitative estimate of drug-likeness (QED) is 0.101. The van der Waals surface area contributed by atoms with Crippen molar-refractivity contribution in [2.24, 2.45) is 0 Å². The first-order valence-electron chi connectivity index (χ1n) is 21.6. The van der Waals surface area contributed by atoms with Gasteiger partial charge in [0, 0.05) is 0 Å². The van der Waals surface area contributed by atoms with Crippen LogP contribution in [-0.2, 0) is 15.6 Å². The Morgan fingerprint density at radius 3 is 1.21 bits per heavy atom. The summed E-state index contributed by atoms with van der Waals surface area (Å²) in [6.45, 7) is 14.2. The Hall–Kier alpha value is -3.52. The van der Waals surface area contributed by atoms with Crippen molar-refractivity contribution >= 4 is 35.1 Å². The molecule has 0 heterocycles. The maximum absolute atomic E-state index is 9.03. The molecule has 0 nitrogen and oxygen atoms in total. The van der Waals surface area contributed by atoms with E-state index < -0.39 is 21.5 Å². The molecule has 2 aliphatic rings. The van der Waals surface area contributed by atoms with Gasteiger partial charge in [0.1, 0.15) is 0 Å². The summed E-state index contributed by atoms with van der Waals surface area (Å²) in [4.78, 5) is 0. The van der Waals surface area contributed by atoms with Crippen LogP contribution in [0.3, 0.4) is 0 Å². The summed E-state index contributed by atoms with van der Waals surface area (Å²) in [7, 11) is 18.1. The minimum atomic E-state index is -5.05. The molecule has 2 aliphatic carbocycles. The van der Waals surface area contributed by atoms with Gasteiger partial charge in [-0.1, -0.05) is 0 Å². The van der Waals surface area contributed by atoms with Crippen LogP contribution in [0.5, 0.6) is 0 Å². The third-order valence-electron chi connectivity index (χ3n) is 13.4. The van der Waals surface area contributed by atoms with Crippen LogP contribution < -0.4 is 0 Å². The van der Waals surface area contributed by atoms with E-state index in [0.717, 1.165) is 38.5 Å². The number of unbranched alkanes of at least 4 members (excludes halogenated alkanes) is 2. The number of rotatable bonds is 13. The molecule has 0 amide bonds. The Labute approximate surface area is 356 Å². The fourth-order valence-corrected chi connectivity index (χ4v) is 41.9. The molecular formula is C54H57Cl2SiZr. The van der Waals surface area contributed by atoms with Gasteiger partial charge in [0.25, 0.3) is 0 Å². The van der Waals surface area contributed by atoms with Crippen molar-refractivity contribution in [3.05, 3.63) is 178 Å². The Bertz CT molecular complexity index is 2360. The first-order valence-corrected chi connectivity index (χ1v) is 37.9. The van der Waals surface area contributed by atoms with Crippen LogP contribution in [0.2, 0.25) is 13.1 Å². The molecule has 0 N–H and O–H groups in total. The monoisotopic (exact) mass is 893 g/mol. The summed E-state index contributed by atoms with van der Waals surface area (Å²) in [6.07, 6.45) is 11.7. The van der Waals surface area contributed by atoms with Gasteiger partial charge in [-0.25, -0.2) is 0 Å². The summed E-state index contributed by atoms with van der Waals surface area (Å²) >= 11 is -5.05. The molecule has 0 spiro atoms. The van der Waals surface area contributed by atoms with Crippen molar-refractivity contribution < 1.29 is 15.6 Å². The number of allylic oxidation sites excluding steroid dienone is 2. The molecule has 2 unspecified atom stereocenters. The zero-order valence-electron chi connectivity index (χ0n) is 35.1. The Morgan fingerprint density at radius 1 is 0.483 bits per heavy atom. The van der Waals surface area contributed by atoms with Gasteiger partial charge in [0.15, 0.2) is 0 Å². The topological polar surface area (TPSA) is 0 Å². The van der Waals surface area contributed by atoms with Crippen molar-refractivity contribution in [2.75, 3.05) is 0 Å². The van der Waals surface area contributed by atoms with Crippen molar-refractivity contribution in [1.82, 2.24) is 0 Å². The second kappa shape index (κ2) is 16.9. The third kappa shape index (κ3) is 7.05. The van der Waals surface area contributed by atoms with E-state index in [2.05, 4.69) is 186 Å². The van der Waals surface area contributed by atoms with Gasteiger partial charge < -0.3 is 0 Å². The number of benzene rings is 6. The molecule has 0 bridgehead atoms. The van der Waals surface area contributed by atoms with Gasteiger partial charge in [0.05, 0.1) is 0 Å². The molecule has 4 heteroatoms. The van der Waals surface area contributed by atoms with Gasteiger partial charge in [-0.15, -0.1) is 0 Å². The van der Waals surface area contributed by atoms with Gasteiger partial charge in [0.2, 0.25) is 0 Å². The molecule has 0 fully saturated rings. The van der Waals surface area contributed by atoms with Crippen LogP contribution in [0.25, 0.3) is 56.7 Å². The predicted octanol–water partition coefficient (Wildman–Crippen LogP) is 16.9. The van der Waals surface area contributed by atoms with Crippen LogP contribution in [-0.4, -0.2) is 5.92 Å². The molecule has 0 saturated carbocycles. The van der Waals surface area contributed by atoms with E-state index in [9.17, 15) is 0 Å². The second-order valence-electron chi connectivity index (χ2n) is 17.2. The van der Waals surface area contributed by atoms with Crippen molar-refractivity contribution in [2.45, 2.75) is 86.6 Å². The Kier molecular flexibility index (Phi) is 12.0. The number of hydrogen-bond acceptors (Lipinski definition) is 0. The molecule has 58 heavy (non-hydrogen) atoms. The fraction of sp³-hybridized carbons (Fsp3) is 0.259. The first kappa shape index (κ1) is 41.2. The number of hydrogen-bond donors (Lipinski definition) is 0. The predicted molar refractivity (Wildman–Crippen MR) is 255 cm³/mol. The maximum atomic E-state index is 9.03. The van der Waals surface area contributed by atoms with Crippen molar-refractivity contribution in [1.29, 1.82) is 0 Å². The summed E-state index contributed by atoms with van der Waals surface area (Å²) in [5, 5.41) is 0. The summed E-state index contributed by atoms with van der Waals surface area (Å²) in [5.41, 5.74) is 21.2. The first-order chi connectivity index (χ1) is 28.1. The molecular weight excluding hydrogens is 839 g/mol. The molecule has 295 valence electrons. The number of fused-ring (bicyclic) bond motifs is 2. The third-order valence-corrected chi connectivity index (χ3v) is 65.3. The van der Waals surface area contributed by atoms with Gasteiger partial charge in [-0.05, 0) is 0 Å². The van der Waals surface area contributed by atoms with Gasteiger partial charge in [-0.2, -0.15) is 0 Å². The van der Waals surface area contributed by atoms with Crippen LogP contribution in [0.1, 0.15) is 93.0 Å². The summed E-state index contributed by atoms with van der Waals surface area (Å²) in [6, 6.07) is 49.2.